The molecular formula is C24H19F5N4O4S. The van der Waals surface area contributed by atoms with E-state index < -0.39 is 50.2 Å². The van der Waals surface area contributed by atoms with E-state index in [2.05, 4.69) is 19.8 Å². The molecule has 0 saturated heterocycles. The van der Waals surface area contributed by atoms with Crippen LogP contribution in [0.5, 0.6) is 5.88 Å². The number of pyridine rings is 1. The first-order valence-corrected chi connectivity index (χ1v) is 12.0. The molecule has 0 aliphatic rings. The van der Waals surface area contributed by atoms with Crippen LogP contribution in [0.1, 0.15) is 32.0 Å². The molecule has 8 nitrogen and oxygen atoms in total. The third kappa shape index (κ3) is 6.35. The number of urea groups is 1. The van der Waals surface area contributed by atoms with Crippen molar-refractivity contribution in [1.82, 2.24) is 4.98 Å². The lowest BCUT2D eigenvalue weighted by Crippen LogP contribution is -2.29. The predicted molar refractivity (Wildman–Crippen MR) is 128 cm³/mol. The van der Waals surface area contributed by atoms with Crippen molar-refractivity contribution in [3.8, 4) is 23.1 Å². The second-order valence-corrected chi connectivity index (χ2v) is 10.4. The molecule has 0 atom stereocenters. The standard InChI is InChI=1S/C24H19F5N4O4S/c1-23(2,3)20-11-16(17(12-30)21(33-20)37-38(35,36)24(27,28)29)13-4-6-14(7-5-13)31-22(34)32-15-8-9-18(25)19(26)10-15/h4-11H,1-3H3,(H2,31,32,34). The molecule has 0 fully saturated rings. The number of rotatable bonds is 5. The highest BCUT2D eigenvalue weighted by atomic mass is 32.2. The molecule has 14 heteroatoms. The van der Waals surface area contributed by atoms with Gasteiger partial charge in [-0.1, -0.05) is 32.9 Å². The second-order valence-electron chi connectivity index (χ2n) is 8.87. The SMILES string of the molecule is CC(C)(C)c1cc(-c2ccc(NC(=O)Nc3ccc(F)c(F)c3)cc2)c(C#N)c(OS(=O)(=O)C(F)(F)F)n1. The molecule has 1 heterocycles. The van der Waals surface area contributed by atoms with Crippen molar-refractivity contribution in [2.45, 2.75) is 31.7 Å². The normalized spacial score (nSPS) is 12.0. The van der Waals surface area contributed by atoms with Crippen LogP contribution >= 0.6 is 0 Å². The van der Waals surface area contributed by atoms with E-state index in [1.807, 2.05) is 0 Å². The lowest BCUT2D eigenvalue weighted by molar-refractivity contribution is -0.0501. The zero-order valence-electron chi connectivity index (χ0n) is 19.9. The molecular weight excluding hydrogens is 535 g/mol. The van der Waals surface area contributed by atoms with Crippen molar-refractivity contribution < 1.29 is 39.3 Å². The summed E-state index contributed by atoms with van der Waals surface area (Å²) in [6.07, 6.45) is 0. The van der Waals surface area contributed by atoms with Gasteiger partial charge in [0.15, 0.2) is 11.6 Å². The topological polar surface area (TPSA) is 121 Å². The zero-order chi connectivity index (χ0) is 28.5. The van der Waals surface area contributed by atoms with Gasteiger partial charge in [-0.2, -0.15) is 26.9 Å². The first kappa shape index (κ1) is 28.3. The summed E-state index contributed by atoms with van der Waals surface area (Å²) in [4.78, 5) is 16.1. The number of hydrogen-bond acceptors (Lipinski definition) is 6. The first-order valence-electron chi connectivity index (χ1n) is 10.6. The number of nitrogens with one attached hydrogen (secondary N) is 2. The minimum atomic E-state index is -6.11. The first-order chi connectivity index (χ1) is 17.5. The molecule has 200 valence electrons. The van der Waals surface area contributed by atoms with E-state index in [-0.39, 0.29) is 28.2 Å². The summed E-state index contributed by atoms with van der Waals surface area (Å²) in [5.41, 5.74) is -6.39. The number of halogens is 5. The molecule has 38 heavy (non-hydrogen) atoms. The van der Waals surface area contributed by atoms with Crippen LogP contribution < -0.4 is 14.8 Å². The molecule has 0 bridgehead atoms. The molecule has 3 rings (SSSR count). The Morgan fingerprint density at radius 1 is 0.947 bits per heavy atom. The molecule has 0 spiro atoms. The van der Waals surface area contributed by atoms with Crippen LogP contribution in [0.2, 0.25) is 0 Å². The van der Waals surface area contributed by atoms with Gasteiger partial charge in [-0.15, -0.1) is 0 Å². The molecule has 2 aromatic carbocycles. The summed E-state index contributed by atoms with van der Waals surface area (Å²) in [5.74, 6) is -3.27. The van der Waals surface area contributed by atoms with Gasteiger partial charge in [-0.3, -0.25) is 0 Å². The highest BCUT2D eigenvalue weighted by Gasteiger charge is 2.49. The highest BCUT2D eigenvalue weighted by Crippen LogP contribution is 2.36. The van der Waals surface area contributed by atoms with E-state index in [0.717, 1.165) is 18.2 Å². The van der Waals surface area contributed by atoms with Gasteiger partial charge in [0.25, 0.3) is 5.88 Å². The Balaban J connectivity index is 1.95. The van der Waals surface area contributed by atoms with Crippen molar-refractivity contribution in [1.29, 1.82) is 5.26 Å². The Bertz CT molecular complexity index is 1530. The van der Waals surface area contributed by atoms with Crippen LogP contribution in [0.25, 0.3) is 11.1 Å². The molecule has 0 radical (unpaired) electrons. The van der Waals surface area contributed by atoms with E-state index in [0.29, 0.717) is 0 Å². The summed E-state index contributed by atoms with van der Waals surface area (Å²) < 4.78 is 92.7. The number of carbonyl (C=O) groups is 1. The maximum atomic E-state index is 13.3. The Kier molecular flexibility index (Phi) is 7.64. The third-order valence-corrected chi connectivity index (χ3v) is 5.91. The van der Waals surface area contributed by atoms with Gasteiger partial charge in [-0.25, -0.2) is 18.6 Å². The zero-order valence-corrected chi connectivity index (χ0v) is 20.8. The number of aromatic nitrogens is 1. The lowest BCUT2D eigenvalue weighted by Gasteiger charge is -2.21. The van der Waals surface area contributed by atoms with Crippen LogP contribution in [0.4, 0.5) is 38.1 Å². The van der Waals surface area contributed by atoms with E-state index in [1.54, 1.807) is 26.8 Å². The Labute approximate surface area is 214 Å². The maximum Gasteiger partial charge on any atom is 0.534 e. The van der Waals surface area contributed by atoms with Crippen LogP contribution in [-0.4, -0.2) is 24.9 Å². The van der Waals surface area contributed by atoms with E-state index >= 15 is 0 Å². The molecule has 2 amide bonds. The average molecular weight is 554 g/mol. The summed E-state index contributed by atoms with van der Waals surface area (Å²) in [7, 11) is -6.11. The third-order valence-electron chi connectivity index (χ3n) is 4.97. The predicted octanol–water partition coefficient (Wildman–Crippen LogP) is 6.07. The van der Waals surface area contributed by atoms with Crippen LogP contribution in [0, 0.1) is 23.0 Å². The smallest absolute Gasteiger partial charge is 0.354 e. The Hall–Kier alpha value is -4.25. The van der Waals surface area contributed by atoms with Crippen LogP contribution in [-0.2, 0) is 15.5 Å². The maximum absolute atomic E-state index is 13.3. The van der Waals surface area contributed by atoms with Crippen molar-refractivity contribution in [2.24, 2.45) is 0 Å². The number of nitrogens with zero attached hydrogens (tertiary/aromatic N) is 2. The van der Waals surface area contributed by atoms with Crippen LogP contribution in [0.15, 0.2) is 48.5 Å². The van der Waals surface area contributed by atoms with E-state index in [9.17, 15) is 40.4 Å². The summed E-state index contributed by atoms with van der Waals surface area (Å²) in [5, 5.41) is 14.4. The van der Waals surface area contributed by atoms with Crippen molar-refractivity contribution in [3.05, 3.63) is 71.4 Å². The van der Waals surface area contributed by atoms with Gasteiger partial charge < -0.3 is 14.8 Å². The highest BCUT2D eigenvalue weighted by molar-refractivity contribution is 7.88. The fourth-order valence-corrected chi connectivity index (χ4v) is 3.48. The minimum Gasteiger partial charge on any atom is -0.354 e. The molecule has 0 aliphatic carbocycles. The van der Waals surface area contributed by atoms with Gasteiger partial charge in [0, 0.05) is 28.4 Å². The van der Waals surface area contributed by atoms with Crippen molar-refractivity contribution in [3.63, 3.8) is 0 Å². The van der Waals surface area contributed by atoms with Gasteiger partial charge >= 0.3 is 21.7 Å². The van der Waals surface area contributed by atoms with Gasteiger partial charge in [-0.05, 0) is 35.9 Å². The summed E-state index contributed by atoms with van der Waals surface area (Å²) >= 11 is 0. The number of anilines is 2. The average Bonchev–Trinajstić information content (AvgIpc) is 2.80. The number of carbonyl (C=O) groups excluding carboxylic acids is 1. The van der Waals surface area contributed by atoms with Gasteiger partial charge in [0.05, 0.1) is 5.69 Å². The largest absolute Gasteiger partial charge is 0.534 e. The van der Waals surface area contributed by atoms with E-state index in [1.165, 1.54) is 30.3 Å². The Morgan fingerprint density at radius 2 is 1.53 bits per heavy atom. The minimum absolute atomic E-state index is 0.00971. The number of benzene rings is 2. The van der Waals surface area contributed by atoms with E-state index in [4.69, 9.17) is 0 Å². The quantitative estimate of drug-likeness (QED) is 0.224. The van der Waals surface area contributed by atoms with Crippen LogP contribution in [0.3, 0.4) is 0 Å². The second kappa shape index (κ2) is 10.3. The fraction of sp³-hybridized carbons (Fsp3) is 0.208. The summed E-state index contributed by atoms with van der Waals surface area (Å²) in [6, 6.07) is 10.7. The molecule has 0 saturated carbocycles. The number of alkyl halides is 3. The molecule has 0 aliphatic heterocycles. The molecule has 0 unspecified atom stereocenters. The van der Waals surface area contributed by atoms with Gasteiger partial charge in [0.1, 0.15) is 11.6 Å². The monoisotopic (exact) mass is 554 g/mol. The Morgan fingerprint density at radius 3 is 2.05 bits per heavy atom. The lowest BCUT2D eigenvalue weighted by atomic mass is 9.88. The molecule has 1 aromatic heterocycles. The number of hydrogen-bond donors (Lipinski definition) is 2. The fourth-order valence-electron chi connectivity index (χ4n) is 3.05. The number of amides is 2. The number of nitriles is 1. The summed E-state index contributed by atoms with van der Waals surface area (Å²) in [6.45, 7) is 5.02. The molecule has 2 N–H and O–H groups in total. The van der Waals surface area contributed by atoms with Crippen molar-refractivity contribution >= 4 is 27.5 Å². The van der Waals surface area contributed by atoms with Gasteiger partial charge in [0.2, 0.25) is 0 Å². The van der Waals surface area contributed by atoms with Crippen molar-refractivity contribution in [2.75, 3.05) is 10.6 Å². The molecule has 3 aromatic rings.